The zero-order valence-corrected chi connectivity index (χ0v) is 14.0. The Morgan fingerprint density at radius 1 is 1.40 bits per heavy atom. The average Bonchev–Trinajstić information content (AvgIpc) is 2.77. The number of nitrogens with one attached hydrogen (secondary N) is 1. The van der Waals surface area contributed by atoms with E-state index in [1.165, 1.54) is 0 Å². The summed E-state index contributed by atoms with van der Waals surface area (Å²) in [5.41, 5.74) is 5.96. The summed E-state index contributed by atoms with van der Waals surface area (Å²) in [7, 11) is 0. The van der Waals surface area contributed by atoms with Crippen molar-refractivity contribution in [1.29, 1.82) is 0 Å². The third-order valence-electron chi connectivity index (χ3n) is 3.27. The molecule has 1 aromatic carbocycles. The van der Waals surface area contributed by atoms with Crippen molar-refractivity contribution in [2.45, 2.75) is 32.9 Å². The molecule has 3 N–H and O–H groups in total. The van der Waals surface area contributed by atoms with Crippen LogP contribution in [0, 0.1) is 6.92 Å². The molecule has 4 nitrogen and oxygen atoms in total. The van der Waals surface area contributed by atoms with Gasteiger partial charge in [-0.25, -0.2) is 5.43 Å². The topological polar surface area (TPSA) is 55.9 Å². The highest BCUT2D eigenvalue weighted by Gasteiger charge is 2.23. The molecule has 0 aliphatic heterocycles. The van der Waals surface area contributed by atoms with Crippen molar-refractivity contribution >= 4 is 27.5 Å². The van der Waals surface area contributed by atoms with Crippen LogP contribution in [-0.2, 0) is 0 Å². The Morgan fingerprint density at radius 3 is 2.70 bits per heavy atom. The minimum atomic E-state index is -0.204. The molecule has 6 heteroatoms. The van der Waals surface area contributed by atoms with Gasteiger partial charge in [0.05, 0.1) is 23.0 Å². The highest BCUT2D eigenvalue weighted by atomic mass is 79.9. The van der Waals surface area contributed by atoms with Gasteiger partial charge < -0.3 is 0 Å². The summed E-state index contributed by atoms with van der Waals surface area (Å²) in [4.78, 5) is 0. The van der Waals surface area contributed by atoms with Gasteiger partial charge in [0.2, 0.25) is 0 Å². The van der Waals surface area contributed by atoms with Crippen LogP contribution in [0.4, 0.5) is 0 Å². The number of hydrazine groups is 1. The van der Waals surface area contributed by atoms with Crippen LogP contribution in [0.2, 0.25) is 5.02 Å². The molecule has 0 aliphatic rings. The number of nitrogens with two attached hydrogens (primary N) is 1. The average molecular weight is 358 g/mol. The summed E-state index contributed by atoms with van der Waals surface area (Å²) in [5, 5.41) is 4.95. The van der Waals surface area contributed by atoms with Crippen molar-refractivity contribution in [3.8, 4) is 0 Å². The quantitative estimate of drug-likeness (QED) is 0.647. The van der Waals surface area contributed by atoms with Crippen molar-refractivity contribution < 1.29 is 0 Å². The van der Waals surface area contributed by atoms with Crippen molar-refractivity contribution in [2.24, 2.45) is 5.84 Å². The second-order valence-electron chi connectivity index (χ2n) is 5.02. The molecule has 2 rings (SSSR count). The second-order valence-corrected chi connectivity index (χ2v) is 6.34. The molecule has 1 unspecified atom stereocenters. The fourth-order valence-corrected chi connectivity index (χ4v) is 2.89. The molecule has 0 fully saturated rings. The summed E-state index contributed by atoms with van der Waals surface area (Å²) in [5.74, 6) is 5.79. The highest BCUT2D eigenvalue weighted by Crippen LogP contribution is 2.32. The SMILES string of the molecule is Cc1ccc(Br)cc1C(NN)c1c(Cl)cnn1C(C)C. The Hall–Kier alpha value is -0.880. The lowest BCUT2D eigenvalue weighted by molar-refractivity contribution is 0.476. The molecule has 0 spiro atoms. The van der Waals surface area contributed by atoms with Crippen LogP contribution in [0.3, 0.4) is 0 Å². The smallest absolute Gasteiger partial charge is 0.0896 e. The fraction of sp³-hybridized carbons (Fsp3) is 0.357. The summed E-state index contributed by atoms with van der Waals surface area (Å²) in [6.45, 7) is 6.18. The Bertz CT molecular complexity index is 609. The largest absolute Gasteiger partial charge is 0.271 e. The molecule has 1 aromatic heterocycles. The van der Waals surface area contributed by atoms with Crippen molar-refractivity contribution in [1.82, 2.24) is 15.2 Å². The van der Waals surface area contributed by atoms with Crippen molar-refractivity contribution in [3.05, 3.63) is 50.7 Å². The fourth-order valence-electron chi connectivity index (χ4n) is 2.27. The van der Waals surface area contributed by atoms with Gasteiger partial charge in [-0.2, -0.15) is 5.10 Å². The lowest BCUT2D eigenvalue weighted by Crippen LogP contribution is -2.31. The first kappa shape index (κ1) is 15.5. The van der Waals surface area contributed by atoms with E-state index in [1.807, 2.05) is 22.9 Å². The first-order valence-corrected chi connectivity index (χ1v) is 7.58. The van der Waals surface area contributed by atoms with E-state index in [0.717, 1.165) is 21.3 Å². The number of hydrogen-bond acceptors (Lipinski definition) is 3. The zero-order chi connectivity index (χ0) is 14.9. The number of hydrogen-bond donors (Lipinski definition) is 2. The number of aryl methyl sites for hydroxylation is 1. The van der Waals surface area contributed by atoms with E-state index >= 15 is 0 Å². The van der Waals surface area contributed by atoms with E-state index in [1.54, 1.807) is 6.20 Å². The summed E-state index contributed by atoms with van der Waals surface area (Å²) < 4.78 is 2.90. The van der Waals surface area contributed by atoms with Gasteiger partial charge in [-0.1, -0.05) is 33.6 Å². The molecule has 20 heavy (non-hydrogen) atoms. The summed E-state index contributed by atoms with van der Waals surface area (Å²) >= 11 is 9.81. The molecule has 1 atom stereocenters. The predicted octanol–water partition coefficient (Wildman–Crippen LogP) is 3.74. The van der Waals surface area contributed by atoms with Crippen LogP contribution < -0.4 is 11.3 Å². The molecular weight excluding hydrogens is 340 g/mol. The number of benzene rings is 1. The summed E-state index contributed by atoms with van der Waals surface area (Å²) in [6, 6.07) is 6.11. The van der Waals surface area contributed by atoms with E-state index in [-0.39, 0.29) is 12.1 Å². The molecular formula is C14H18BrClN4. The van der Waals surface area contributed by atoms with Gasteiger partial charge in [-0.05, 0) is 44.0 Å². The van der Waals surface area contributed by atoms with Gasteiger partial charge in [-0.15, -0.1) is 0 Å². The van der Waals surface area contributed by atoms with E-state index in [0.29, 0.717) is 5.02 Å². The third-order valence-corrected chi connectivity index (χ3v) is 4.05. The van der Waals surface area contributed by atoms with Crippen molar-refractivity contribution in [2.75, 3.05) is 0 Å². The number of aromatic nitrogens is 2. The van der Waals surface area contributed by atoms with E-state index < -0.39 is 0 Å². The van der Waals surface area contributed by atoms with Gasteiger partial charge in [-0.3, -0.25) is 10.5 Å². The number of halogens is 2. The Kier molecular flexibility index (Phi) is 4.86. The standard InChI is InChI=1S/C14H18BrClN4/c1-8(2)20-14(12(16)7-18-20)13(19-17)11-6-10(15)5-4-9(11)3/h4-8,13,19H,17H2,1-3H3. The van der Waals surface area contributed by atoms with Crippen LogP contribution in [0.25, 0.3) is 0 Å². The summed E-state index contributed by atoms with van der Waals surface area (Å²) in [6.07, 6.45) is 1.66. The van der Waals surface area contributed by atoms with Crippen LogP contribution in [0.5, 0.6) is 0 Å². The highest BCUT2D eigenvalue weighted by molar-refractivity contribution is 9.10. The first-order valence-electron chi connectivity index (χ1n) is 6.40. The Balaban J connectivity index is 2.58. The van der Waals surface area contributed by atoms with Gasteiger partial charge in [0.1, 0.15) is 0 Å². The second kappa shape index (κ2) is 6.26. The van der Waals surface area contributed by atoms with Crippen LogP contribution in [0.1, 0.15) is 42.8 Å². The van der Waals surface area contributed by atoms with E-state index in [9.17, 15) is 0 Å². The van der Waals surface area contributed by atoms with Crippen LogP contribution >= 0.6 is 27.5 Å². The maximum Gasteiger partial charge on any atom is 0.0896 e. The molecule has 1 heterocycles. The van der Waals surface area contributed by atoms with Crippen LogP contribution in [0.15, 0.2) is 28.9 Å². The maximum absolute atomic E-state index is 6.31. The number of rotatable bonds is 4. The van der Waals surface area contributed by atoms with Gasteiger partial charge in [0, 0.05) is 10.5 Å². The van der Waals surface area contributed by atoms with E-state index in [4.69, 9.17) is 17.4 Å². The predicted molar refractivity (Wildman–Crippen MR) is 85.7 cm³/mol. The minimum Gasteiger partial charge on any atom is -0.271 e. The molecule has 0 bridgehead atoms. The molecule has 0 saturated heterocycles. The Morgan fingerprint density at radius 2 is 2.10 bits per heavy atom. The maximum atomic E-state index is 6.31. The molecule has 0 radical (unpaired) electrons. The Labute approximate surface area is 132 Å². The normalized spacial score (nSPS) is 12.9. The first-order chi connectivity index (χ1) is 9.45. The van der Waals surface area contributed by atoms with Crippen LogP contribution in [-0.4, -0.2) is 9.78 Å². The molecule has 0 amide bonds. The molecule has 108 valence electrons. The van der Waals surface area contributed by atoms with Gasteiger partial charge in [0.25, 0.3) is 0 Å². The molecule has 0 aliphatic carbocycles. The lowest BCUT2D eigenvalue weighted by atomic mass is 9.99. The zero-order valence-electron chi connectivity index (χ0n) is 11.7. The molecule has 0 saturated carbocycles. The third kappa shape index (κ3) is 2.91. The van der Waals surface area contributed by atoms with E-state index in [2.05, 4.69) is 47.2 Å². The monoisotopic (exact) mass is 356 g/mol. The number of nitrogens with zero attached hydrogens (tertiary/aromatic N) is 2. The van der Waals surface area contributed by atoms with Gasteiger partial charge >= 0.3 is 0 Å². The van der Waals surface area contributed by atoms with Crippen molar-refractivity contribution in [3.63, 3.8) is 0 Å². The minimum absolute atomic E-state index is 0.204. The molecule has 2 aromatic rings. The lowest BCUT2D eigenvalue weighted by Gasteiger charge is -2.22. The van der Waals surface area contributed by atoms with Gasteiger partial charge in [0.15, 0.2) is 0 Å².